The highest BCUT2D eigenvalue weighted by Gasteiger charge is 2.32. The van der Waals surface area contributed by atoms with Gasteiger partial charge in [0.25, 0.3) is 0 Å². The fraction of sp³-hybridized carbons (Fsp3) is 0.424. The molecule has 2 N–H and O–H groups in total. The van der Waals surface area contributed by atoms with Crippen molar-refractivity contribution in [3.63, 3.8) is 0 Å². The maximum Gasteiger partial charge on any atom is 0.247 e. The molecule has 1 saturated carbocycles. The molecule has 11 nitrogen and oxygen atoms in total. The van der Waals surface area contributed by atoms with Crippen LogP contribution in [0.2, 0.25) is 0 Å². The quantitative estimate of drug-likeness (QED) is 0.308. The standard InChI is InChI=1S/C33H42N8O3/c1-5-33(42)37-27-19-28(30(43-4)20-29(27)40-14-12-39(13-15-40)24-9-10-24)36-31-21-32(35-22-34-31)41-26(11-16-44-41)18-23-7-6-8-25(17-23)38(2)3/h5-8,17,19-22,24,26H,1,9-16,18H2,2-4H3,(H,37,42)(H,34,35,36)/t26-/m1/s1. The Morgan fingerprint density at radius 2 is 1.91 bits per heavy atom. The molecule has 3 aliphatic rings. The summed E-state index contributed by atoms with van der Waals surface area (Å²) in [5.74, 6) is 1.65. The number of piperazine rings is 1. The summed E-state index contributed by atoms with van der Waals surface area (Å²) >= 11 is 0. The van der Waals surface area contributed by atoms with E-state index in [1.807, 2.05) is 23.3 Å². The van der Waals surface area contributed by atoms with Gasteiger partial charge in [0, 0.05) is 64.1 Å². The van der Waals surface area contributed by atoms with Gasteiger partial charge in [-0.05, 0) is 55.5 Å². The maximum atomic E-state index is 12.4. The van der Waals surface area contributed by atoms with Crippen LogP contribution in [0.3, 0.4) is 0 Å². The first kappa shape index (κ1) is 29.7. The number of methoxy groups -OCH3 is 1. The average Bonchev–Trinajstić information content (AvgIpc) is 3.79. The van der Waals surface area contributed by atoms with Gasteiger partial charge in [0.05, 0.1) is 36.8 Å². The number of amides is 1. The molecule has 2 aromatic carbocycles. The Morgan fingerprint density at radius 1 is 1.09 bits per heavy atom. The molecule has 3 fully saturated rings. The zero-order chi connectivity index (χ0) is 30.6. The summed E-state index contributed by atoms with van der Waals surface area (Å²) < 4.78 is 5.83. The third-order valence-corrected chi connectivity index (χ3v) is 8.53. The zero-order valence-corrected chi connectivity index (χ0v) is 25.8. The molecule has 1 amide bonds. The number of nitrogens with one attached hydrogen (secondary N) is 2. The number of benzene rings is 2. The van der Waals surface area contributed by atoms with Crippen molar-refractivity contribution < 1.29 is 14.4 Å². The highest BCUT2D eigenvalue weighted by Crippen LogP contribution is 2.40. The molecule has 1 aliphatic carbocycles. The second-order valence-electron chi connectivity index (χ2n) is 11.8. The first-order chi connectivity index (χ1) is 21.4. The Bertz CT molecular complexity index is 1490. The average molecular weight is 599 g/mol. The van der Waals surface area contributed by atoms with Crippen molar-refractivity contribution in [3.05, 3.63) is 67.0 Å². The number of aromatic nitrogens is 2. The lowest BCUT2D eigenvalue weighted by Gasteiger charge is -2.37. The molecule has 2 saturated heterocycles. The summed E-state index contributed by atoms with van der Waals surface area (Å²) in [6.45, 7) is 8.05. The lowest BCUT2D eigenvalue weighted by molar-refractivity contribution is -0.111. The van der Waals surface area contributed by atoms with E-state index in [1.54, 1.807) is 7.11 Å². The smallest absolute Gasteiger partial charge is 0.247 e. The van der Waals surface area contributed by atoms with Crippen molar-refractivity contribution in [2.45, 2.75) is 37.8 Å². The molecule has 1 atom stereocenters. The van der Waals surface area contributed by atoms with E-state index in [1.165, 1.54) is 36.5 Å². The minimum absolute atomic E-state index is 0.144. The van der Waals surface area contributed by atoms with Crippen molar-refractivity contribution in [2.24, 2.45) is 0 Å². The Labute approximate surface area is 259 Å². The van der Waals surface area contributed by atoms with Crippen LogP contribution in [0.4, 0.5) is 34.4 Å². The summed E-state index contributed by atoms with van der Waals surface area (Å²) in [4.78, 5) is 34.5. The van der Waals surface area contributed by atoms with Crippen molar-refractivity contribution in [3.8, 4) is 5.75 Å². The lowest BCUT2D eigenvalue weighted by atomic mass is 10.0. The predicted octanol–water partition coefficient (Wildman–Crippen LogP) is 4.46. The Kier molecular flexibility index (Phi) is 8.85. The van der Waals surface area contributed by atoms with Gasteiger partial charge in [0.2, 0.25) is 5.91 Å². The molecule has 11 heteroatoms. The minimum Gasteiger partial charge on any atom is -0.494 e. The van der Waals surface area contributed by atoms with Gasteiger partial charge < -0.3 is 25.2 Å². The summed E-state index contributed by atoms with van der Waals surface area (Å²) in [7, 11) is 5.75. The number of carbonyl (C=O) groups is 1. The number of anilines is 6. The Balaban J connectivity index is 1.22. The van der Waals surface area contributed by atoms with Crippen LogP contribution in [0, 0.1) is 0 Å². The third kappa shape index (κ3) is 6.74. The van der Waals surface area contributed by atoms with E-state index in [0.717, 1.165) is 50.7 Å². The van der Waals surface area contributed by atoms with Crippen LogP contribution in [0.15, 0.2) is 61.4 Å². The first-order valence-electron chi connectivity index (χ1n) is 15.3. The van der Waals surface area contributed by atoms with E-state index < -0.39 is 0 Å². The summed E-state index contributed by atoms with van der Waals surface area (Å²) in [6, 6.07) is 15.2. The SMILES string of the molecule is C=CC(=O)Nc1cc(Nc2cc(N3OCC[C@@H]3Cc3cccc(N(C)C)c3)ncn2)c(OC)cc1N1CCN(C2CC2)CC1. The van der Waals surface area contributed by atoms with E-state index in [-0.39, 0.29) is 11.9 Å². The van der Waals surface area contributed by atoms with Crippen molar-refractivity contribution in [1.82, 2.24) is 14.9 Å². The second kappa shape index (κ2) is 13.1. The number of rotatable bonds is 11. The van der Waals surface area contributed by atoms with Crippen LogP contribution in [-0.2, 0) is 16.1 Å². The van der Waals surface area contributed by atoms with Crippen LogP contribution in [0.25, 0.3) is 0 Å². The van der Waals surface area contributed by atoms with Gasteiger partial charge >= 0.3 is 0 Å². The zero-order valence-electron chi connectivity index (χ0n) is 25.8. The van der Waals surface area contributed by atoms with Crippen LogP contribution >= 0.6 is 0 Å². The van der Waals surface area contributed by atoms with Crippen LogP contribution < -0.4 is 30.2 Å². The molecule has 0 unspecified atom stereocenters. The van der Waals surface area contributed by atoms with Crippen molar-refractivity contribution >= 4 is 40.3 Å². The minimum atomic E-state index is -0.267. The van der Waals surface area contributed by atoms with Crippen LogP contribution in [0.5, 0.6) is 5.75 Å². The highest BCUT2D eigenvalue weighted by molar-refractivity contribution is 6.02. The summed E-state index contributed by atoms with van der Waals surface area (Å²) in [5, 5.41) is 8.30. The lowest BCUT2D eigenvalue weighted by Crippen LogP contribution is -2.47. The molecule has 6 rings (SSSR count). The topological polar surface area (TPSA) is 98.3 Å². The first-order valence-corrected chi connectivity index (χ1v) is 15.3. The molecule has 0 bridgehead atoms. The molecule has 232 valence electrons. The number of hydrogen-bond donors (Lipinski definition) is 2. The molecule has 1 aromatic heterocycles. The number of carbonyl (C=O) groups excluding carboxylic acids is 1. The number of hydroxylamine groups is 1. The fourth-order valence-electron chi connectivity index (χ4n) is 6.00. The molecule has 0 radical (unpaired) electrons. The third-order valence-electron chi connectivity index (χ3n) is 8.53. The van der Waals surface area contributed by atoms with Gasteiger partial charge in [0.15, 0.2) is 5.82 Å². The van der Waals surface area contributed by atoms with E-state index in [9.17, 15) is 4.79 Å². The van der Waals surface area contributed by atoms with Crippen LogP contribution in [0.1, 0.15) is 24.8 Å². The molecule has 3 heterocycles. The van der Waals surface area contributed by atoms with Gasteiger partial charge in [-0.3, -0.25) is 14.5 Å². The normalized spacial score (nSPS) is 18.7. The van der Waals surface area contributed by atoms with Crippen LogP contribution in [-0.4, -0.2) is 86.8 Å². The van der Waals surface area contributed by atoms with Crippen molar-refractivity contribution in [2.75, 3.05) is 79.5 Å². The Morgan fingerprint density at radius 3 is 2.64 bits per heavy atom. The Hall–Kier alpha value is -4.35. The van der Waals surface area contributed by atoms with Crippen molar-refractivity contribution in [1.29, 1.82) is 0 Å². The predicted molar refractivity (Wildman–Crippen MR) is 175 cm³/mol. The summed E-state index contributed by atoms with van der Waals surface area (Å²) in [6.07, 6.45) is 7.15. The van der Waals surface area contributed by atoms with E-state index >= 15 is 0 Å². The fourth-order valence-corrected chi connectivity index (χ4v) is 6.00. The molecule has 2 aliphatic heterocycles. The number of hydrogen-bond acceptors (Lipinski definition) is 10. The summed E-state index contributed by atoms with van der Waals surface area (Å²) in [5.41, 5.74) is 4.71. The number of nitrogens with zero attached hydrogens (tertiary/aromatic N) is 6. The maximum absolute atomic E-state index is 12.4. The van der Waals surface area contributed by atoms with Gasteiger partial charge in [-0.15, -0.1) is 0 Å². The van der Waals surface area contributed by atoms with Gasteiger partial charge in [0.1, 0.15) is 17.9 Å². The molecular formula is C33H42N8O3. The van der Waals surface area contributed by atoms with Gasteiger partial charge in [-0.2, -0.15) is 0 Å². The molecule has 44 heavy (non-hydrogen) atoms. The molecule has 0 spiro atoms. The van der Waals surface area contributed by atoms with Gasteiger partial charge in [-0.25, -0.2) is 15.0 Å². The van der Waals surface area contributed by atoms with Gasteiger partial charge in [-0.1, -0.05) is 18.7 Å². The highest BCUT2D eigenvalue weighted by atomic mass is 16.7. The van der Waals surface area contributed by atoms with E-state index in [2.05, 4.69) is 80.2 Å². The van der Waals surface area contributed by atoms with E-state index in [4.69, 9.17) is 9.57 Å². The molecular weight excluding hydrogens is 556 g/mol. The second-order valence-corrected chi connectivity index (χ2v) is 11.8. The molecule has 3 aromatic rings. The number of ether oxygens (including phenoxy) is 1. The van der Waals surface area contributed by atoms with E-state index in [0.29, 0.717) is 35.4 Å². The largest absolute Gasteiger partial charge is 0.494 e. The monoisotopic (exact) mass is 598 g/mol.